The summed E-state index contributed by atoms with van der Waals surface area (Å²) in [5.74, 6) is -4.40. The number of nitrogens with two attached hydrogens (primary N) is 1. The van der Waals surface area contributed by atoms with E-state index in [1.807, 2.05) is 0 Å². The molecular weight excluding hydrogens is 591 g/mol. The number of carbonyl (C=O) groups is 3. The molecule has 1 aromatic carbocycles. The van der Waals surface area contributed by atoms with Gasteiger partial charge in [-0.15, -0.1) is 0 Å². The Kier molecular flexibility index (Phi) is 6.25. The van der Waals surface area contributed by atoms with Crippen LogP contribution in [0.25, 0.3) is 11.3 Å². The average Bonchev–Trinajstić information content (AvgIpc) is 3.42. The maximum Gasteiger partial charge on any atom is 0.435 e. The molecule has 2 aromatic heterocycles. The number of piperidine rings is 1. The number of nitrogens with zero attached hydrogens (tertiary/aromatic N) is 5. The molecule has 222 valence electrons. The van der Waals surface area contributed by atoms with E-state index in [9.17, 15) is 36.3 Å². The molecule has 17 heteroatoms. The zero-order chi connectivity index (χ0) is 30.3. The molecule has 3 aliphatic rings. The number of rotatable bonds is 6. The molecule has 0 bridgehead atoms. The fourth-order valence-corrected chi connectivity index (χ4v) is 5.68. The average molecular weight is 613 g/mol. The number of aromatic nitrogens is 4. The first-order valence-corrected chi connectivity index (χ1v) is 13.1. The molecule has 6 rings (SSSR count). The molecule has 2 unspecified atom stereocenters. The number of amides is 4. The van der Waals surface area contributed by atoms with Crippen LogP contribution < -0.4 is 16.4 Å². The molecule has 3 aromatic rings. The standard InChI is InChI=1S/C25H22ClF5N8O3/c1-37-16(14-9-39(17-5-24(17,27)28)36-19(14)25(29,30)31)6-33-20(37)22(41)34-10-2-3-11(15(26)4-10)21(40)35-18-12-7-38(23(32)42)8-13(12)18/h2-4,6,9,12-13,17-18H,5,7-8H2,1H3,(H2,32,42)(H,34,41)(H,35,40)/t12-,13+,17?,18?. The van der Waals surface area contributed by atoms with Crippen molar-refractivity contribution in [2.75, 3.05) is 18.4 Å². The number of hydrogen-bond acceptors (Lipinski definition) is 5. The van der Waals surface area contributed by atoms with Crippen molar-refractivity contribution in [3.8, 4) is 11.3 Å². The van der Waals surface area contributed by atoms with Crippen LogP contribution in [-0.4, -0.2) is 67.1 Å². The molecule has 3 heterocycles. The number of urea groups is 1. The molecule has 4 N–H and O–H groups in total. The maximum absolute atomic E-state index is 13.7. The molecule has 1 saturated heterocycles. The lowest BCUT2D eigenvalue weighted by Gasteiger charge is -2.17. The normalized spacial score (nSPS) is 23.8. The Bertz CT molecular complexity index is 1620. The third kappa shape index (κ3) is 4.82. The van der Waals surface area contributed by atoms with E-state index in [0.29, 0.717) is 17.8 Å². The van der Waals surface area contributed by atoms with Crippen molar-refractivity contribution in [2.45, 2.75) is 30.6 Å². The van der Waals surface area contributed by atoms with Gasteiger partial charge in [-0.25, -0.2) is 18.6 Å². The predicted molar refractivity (Wildman–Crippen MR) is 137 cm³/mol. The summed E-state index contributed by atoms with van der Waals surface area (Å²) >= 11 is 6.30. The van der Waals surface area contributed by atoms with Crippen LogP contribution in [0.4, 0.5) is 32.4 Å². The number of alkyl halides is 5. The maximum atomic E-state index is 13.7. The van der Waals surface area contributed by atoms with Gasteiger partial charge < -0.3 is 25.8 Å². The first-order valence-electron chi connectivity index (χ1n) is 12.7. The van der Waals surface area contributed by atoms with E-state index in [1.165, 1.54) is 30.1 Å². The smallest absolute Gasteiger partial charge is 0.351 e. The first-order chi connectivity index (χ1) is 19.7. The Balaban J connectivity index is 1.15. The van der Waals surface area contributed by atoms with Crippen LogP contribution in [0, 0.1) is 11.8 Å². The Morgan fingerprint density at radius 1 is 1.14 bits per heavy atom. The lowest BCUT2D eigenvalue weighted by molar-refractivity contribution is -0.141. The van der Waals surface area contributed by atoms with Gasteiger partial charge in [0.05, 0.1) is 28.0 Å². The molecule has 4 atom stereocenters. The van der Waals surface area contributed by atoms with E-state index < -0.39 is 53.7 Å². The van der Waals surface area contributed by atoms with E-state index in [4.69, 9.17) is 17.3 Å². The molecule has 1 aliphatic heterocycles. The van der Waals surface area contributed by atoms with Crippen molar-refractivity contribution >= 4 is 35.1 Å². The zero-order valence-electron chi connectivity index (χ0n) is 21.6. The van der Waals surface area contributed by atoms with E-state index in [0.717, 1.165) is 17.0 Å². The van der Waals surface area contributed by atoms with Gasteiger partial charge in [-0.3, -0.25) is 14.3 Å². The monoisotopic (exact) mass is 612 g/mol. The Morgan fingerprint density at radius 3 is 2.38 bits per heavy atom. The highest BCUT2D eigenvalue weighted by molar-refractivity contribution is 6.34. The van der Waals surface area contributed by atoms with Crippen LogP contribution in [0.5, 0.6) is 0 Å². The molecule has 4 amide bonds. The molecule has 11 nitrogen and oxygen atoms in total. The van der Waals surface area contributed by atoms with Gasteiger partial charge in [0.2, 0.25) is 0 Å². The van der Waals surface area contributed by atoms with Crippen molar-refractivity contribution in [1.82, 2.24) is 29.5 Å². The number of anilines is 1. The highest BCUT2D eigenvalue weighted by Crippen LogP contribution is 2.53. The molecule has 2 saturated carbocycles. The fourth-order valence-electron chi connectivity index (χ4n) is 5.42. The predicted octanol–water partition coefficient (Wildman–Crippen LogP) is 3.53. The molecule has 0 spiro atoms. The van der Waals surface area contributed by atoms with Crippen molar-refractivity contribution in [2.24, 2.45) is 24.6 Å². The molecule has 0 radical (unpaired) electrons. The number of carbonyl (C=O) groups excluding carboxylic acids is 3. The van der Waals surface area contributed by atoms with Crippen LogP contribution in [0.15, 0.2) is 30.6 Å². The Labute approximate surface area is 238 Å². The number of nitrogens with one attached hydrogen (secondary N) is 2. The van der Waals surface area contributed by atoms with Gasteiger partial charge in [0.25, 0.3) is 17.7 Å². The largest absolute Gasteiger partial charge is 0.435 e. The van der Waals surface area contributed by atoms with E-state index >= 15 is 0 Å². The summed E-state index contributed by atoms with van der Waals surface area (Å²) in [6, 6.07) is 2.08. The van der Waals surface area contributed by atoms with E-state index in [1.54, 1.807) is 0 Å². The summed E-state index contributed by atoms with van der Waals surface area (Å²) in [4.78, 5) is 42.4. The highest BCUT2D eigenvalue weighted by Gasteiger charge is 2.60. The Hall–Kier alpha value is -4.21. The number of halogens is 6. The van der Waals surface area contributed by atoms with Crippen molar-refractivity contribution in [3.05, 3.63) is 52.7 Å². The van der Waals surface area contributed by atoms with Gasteiger partial charge in [0.15, 0.2) is 11.5 Å². The molecule has 3 fully saturated rings. The summed E-state index contributed by atoms with van der Waals surface area (Å²) in [6.45, 7) is 0.934. The fraction of sp³-hybridized carbons (Fsp3) is 0.400. The quantitative estimate of drug-likeness (QED) is 0.366. The van der Waals surface area contributed by atoms with Crippen LogP contribution >= 0.6 is 11.6 Å². The molecular formula is C25H22ClF5N8O3. The third-order valence-corrected chi connectivity index (χ3v) is 8.17. The number of benzene rings is 1. The lowest BCUT2D eigenvalue weighted by atomic mass is 10.2. The minimum absolute atomic E-state index is 0.0366. The second-order valence-corrected chi connectivity index (χ2v) is 11.0. The number of fused-ring (bicyclic) bond motifs is 1. The topological polar surface area (TPSA) is 140 Å². The van der Waals surface area contributed by atoms with Crippen LogP contribution in [0.3, 0.4) is 0 Å². The van der Waals surface area contributed by atoms with Gasteiger partial charge in [-0.2, -0.15) is 18.3 Å². The second kappa shape index (κ2) is 9.40. The van der Waals surface area contributed by atoms with E-state index in [-0.39, 0.29) is 45.7 Å². The zero-order valence-corrected chi connectivity index (χ0v) is 22.4. The summed E-state index contributed by atoms with van der Waals surface area (Å²) in [5.41, 5.74) is 3.59. The van der Waals surface area contributed by atoms with Gasteiger partial charge in [0.1, 0.15) is 6.04 Å². The summed E-state index contributed by atoms with van der Waals surface area (Å²) < 4.78 is 69.7. The number of hydrogen-bond donors (Lipinski definition) is 3. The molecule has 42 heavy (non-hydrogen) atoms. The van der Waals surface area contributed by atoms with Gasteiger partial charge in [-0.1, -0.05) is 11.6 Å². The van der Waals surface area contributed by atoms with Gasteiger partial charge >= 0.3 is 12.2 Å². The Morgan fingerprint density at radius 2 is 1.81 bits per heavy atom. The van der Waals surface area contributed by atoms with Crippen molar-refractivity contribution < 1.29 is 36.3 Å². The number of imidazole rings is 1. The SMILES string of the molecule is Cn1c(-c2cn(C3CC3(F)F)nc2C(F)(F)F)cnc1C(=O)Nc1ccc(C(=O)NC2[C@H]3CN(C(N)=O)C[C@@H]23)c(Cl)c1. The second-order valence-electron chi connectivity index (χ2n) is 10.6. The van der Waals surface area contributed by atoms with Gasteiger partial charge in [0, 0.05) is 56.3 Å². The third-order valence-electron chi connectivity index (χ3n) is 7.85. The van der Waals surface area contributed by atoms with Crippen molar-refractivity contribution in [1.29, 1.82) is 0 Å². The number of likely N-dealkylation sites (tertiary alicyclic amines) is 1. The summed E-state index contributed by atoms with van der Waals surface area (Å²) in [6.07, 6.45) is -3.67. The first kappa shape index (κ1) is 27.9. The lowest BCUT2D eigenvalue weighted by Crippen LogP contribution is -2.39. The van der Waals surface area contributed by atoms with Crippen LogP contribution in [-0.2, 0) is 13.2 Å². The minimum atomic E-state index is -4.94. The highest BCUT2D eigenvalue weighted by atomic mass is 35.5. The van der Waals surface area contributed by atoms with Crippen LogP contribution in [0.1, 0.15) is 39.1 Å². The van der Waals surface area contributed by atoms with E-state index in [2.05, 4.69) is 20.7 Å². The summed E-state index contributed by atoms with van der Waals surface area (Å²) in [5, 5.41) is 8.81. The minimum Gasteiger partial charge on any atom is -0.351 e. The molecule has 2 aliphatic carbocycles. The van der Waals surface area contributed by atoms with Crippen molar-refractivity contribution in [3.63, 3.8) is 0 Å². The summed E-state index contributed by atoms with van der Waals surface area (Å²) in [7, 11) is 1.30. The van der Waals surface area contributed by atoms with Crippen LogP contribution in [0.2, 0.25) is 5.02 Å². The van der Waals surface area contributed by atoms with Gasteiger partial charge in [-0.05, 0) is 18.2 Å². The number of primary amides is 1.